The molecule has 1 aliphatic heterocycles. The molecule has 3 aliphatic rings. The van der Waals surface area contributed by atoms with Gasteiger partial charge in [0.1, 0.15) is 6.61 Å². The van der Waals surface area contributed by atoms with E-state index in [2.05, 4.69) is 29.6 Å². The summed E-state index contributed by atoms with van der Waals surface area (Å²) >= 11 is 0. The van der Waals surface area contributed by atoms with Crippen molar-refractivity contribution in [1.82, 2.24) is 10.2 Å². The molecule has 0 aromatic heterocycles. The maximum absolute atomic E-state index is 12.5. The summed E-state index contributed by atoms with van der Waals surface area (Å²) in [6.07, 6.45) is 2.13. The van der Waals surface area contributed by atoms with Gasteiger partial charge in [-0.15, -0.1) is 0 Å². The van der Waals surface area contributed by atoms with E-state index in [9.17, 15) is 19.5 Å². The van der Waals surface area contributed by atoms with Gasteiger partial charge in [-0.05, 0) is 53.4 Å². The zero-order valence-corrected chi connectivity index (χ0v) is 19.1. The molecule has 2 aromatic carbocycles. The molecule has 2 fully saturated rings. The summed E-state index contributed by atoms with van der Waals surface area (Å²) in [6, 6.07) is 16.5. The number of piperidine rings is 1. The number of carbonyl (C=O) groups excluding carboxylic acids is 2. The van der Waals surface area contributed by atoms with E-state index >= 15 is 0 Å². The Balaban J connectivity index is 1.01. The van der Waals surface area contributed by atoms with Crippen molar-refractivity contribution >= 4 is 18.0 Å². The number of rotatable bonds is 8. The van der Waals surface area contributed by atoms with Crippen LogP contribution in [0.1, 0.15) is 42.7 Å². The number of alkyl carbamates (subject to hydrolysis) is 1. The topological polar surface area (TPSA) is 95.9 Å². The minimum Gasteiger partial charge on any atom is -0.481 e. The molecule has 2 aromatic rings. The molecular formula is C27H30N2O5. The van der Waals surface area contributed by atoms with Crippen molar-refractivity contribution in [2.75, 3.05) is 26.2 Å². The van der Waals surface area contributed by atoms with Gasteiger partial charge in [0.25, 0.3) is 0 Å². The van der Waals surface area contributed by atoms with Crippen LogP contribution in [-0.2, 0) is 14.3 Å². The molecule has 2 amide bonds. The van der Waals surface area contributed by atoms with Crippen LogP contribution in [0.5, 0.6) is 0 Å². The molecule has 5 rings (SSSR count). The standard InChI is InChI=1S/C27H30N2O5/c30-24(29-14-12-21-22(15-29)25(21)26(31)32)11-5-6-13-28-27(33)34-16-23-19-9-3-1-7-17(19)18-8-2-4-10-20(18)23/h1-4,7-10,21-23,25H,5-6,11-16H2,(H,28,33)(H,31,32). The predicted octanol–water partition coefficient (Wildman–Crippen LogP) is 3.87. The molecule has 7 nitrogen and oxygen atoms in total. The first kappa shape index (κ1) is 22.4. The summed E-state index contributed by atoms with van der Waals surface area (Å²) in [6.45, 7) is 1.96. The molecule has 1 heterocycles. The van der Waals surface area contributed by atoms with Gasteiger partial charge in [-0.2, -0.15) is 0 Å². The highest BCUT2D eigenvalue weighted by Crippen LogP contribution is 2.51. The van der Waals surface area contributed by atoms with Crippen molar-refractivity contribution in [2.45, 2.75) is 31.6 Å². The predicted molar refractivity (Wildman–Crippen MR) is 126 cm³/mol. The van der Waals surface area contributed by atoms with E-state index in [1.54, 1.807) is 0 Å². The number of fused-ring (bicyclic) bond motifs is 4. The average molecular weight is 463 g/mol. The quantitative estimate of drug-likeness (QED) is 0.581. The Hall–Kier alpha value is -3.35. The van der Waals surface area contributed by atoms with E-state index < -0.39 is 12.1 Å². The minimum absolute atomic E-state index is 0.0344. The van der Waals surface area contributed by atoms with Crippen LogP contribution in [0, 0.1) is 17.8 Å². The number of hydrogen-bond donors (Lipinski definition) is 2. The van der Waals surface area contributed by atoms with Crippen LogP contribution in [-0.4, -0.2) is 54.2 Å². The Kier molecular flexibility index (Phi) is 6.26. The molecule has 2 aliphatic carbocycles. The molecule has 0 radical (unpaired) electrons. The highest BCUT2D eigenvalue weighted by molar-refractivity contribution is 5.79. The largest absolute Gasteiger partial charge is 0.481 e. The van der Waals surface area contributed by atoms with Gasteiger partial charge in [-0.25, -0.2) is 4.79 Å². The molecule has 1 saturated heterocycles. The van der Waals surface area contributed by atoms with Crippen LogP contribution in [0.4, 0.5) is 4.79 Å². The van der Waals surface area contributed by atoms with Crippen molar-refractivity contribution in [3.63, 3.8) is 0 Å². The first-order valence-electron chi connectivity index (χ1n) is 12.1. The third-order valence-corrected chi connectivity index (χ3v) is 7.56. The van der Waals surface area contributed by atoms with Gasteiger partial charge in [0.05, 0.1) is 5.92 Å². The molecule has 2 N–H and O–H groups in total. The number of likely N-dealkylation sites (tertiary alicyclic amines) is 1. The van der Waals surface area contributed by atoms with Crippen LogP contribution in [0.3, 0.4) is 0 Å². The van der Waals surface area contributed by atoms with Crippen molar-refractivity contribution in [2.24, 2.45) is 17.8 Å². The first-order chi connectivity index (χ1) is 16.5. The van der Waals surface area contributed by atoms with Gasteiger partial charge in [0.15, 0.2) is 0 Å². The number of carboxylic acids is 1. The number of nitrogens with one attached hydrogen (secondary N) is 1. The number of hydrogen-bond acceptors (Lipinski definition) is 4. The Morgan fingerprint density at radius 2 is 1.65 bits per heavy atom. The zero-order valence-electron chi connectivity index (χ0n) is 19.1. The summed E-state index contributed by atoms with van der Waals surface area (Å²) in [7, 11) is 0. The number of ether oxygens (including phenoxy) is 1. The molecule has 1 saturated carbocycles. The number of amides is 2. The maximum atomic E-state index is 12.5. The Morgan fingerprint density at radius 3 is 2.32 bits per heavy atom. The smallest absolute Gasteiger partial charge is 0.407 e. The third kappa shape index (κ3) is 4.39. The lowest BCUT2D eigenvalue weighted by Crippen LogP contribution is -2.37. The molecule has 0 spiro atoms. The Bertz CT molecular complexity index is 1050. The SMILES string of the molecule is O=C(NCCCCC(=O)N1CCC2C(C1)C2C(=O)O)OCC1c2ccccc2-c2ccccc21. The van der Waals surface area contributed by atoms with E-state index in [0.717, 1.165) is 6.42 Å². The summed E-state index contributed by atoms with van der Waals surface area (Å²) in [5, 5.41) is 12.0. The number of aliphatic carboxylic acids is 1. The highest BCUT2D eigenvalue weighted by atomic mass is 16.5. The summed E-state index contributed by atoms with van der Waals surface area (Å²) in [5.74, 6) is -0.501. The van der Waals surface area contributed by atoms with Crippen LogP contribution in [0.15, 0.2) is 48.5 Å². The van der Waals surface area contributed by atoms with Crippen molar-refractivity contribution in [1.29, 1.82) is 0 Å². The van der Waals surface area contributed by atoms with Crippen LogP contribution in [0.25, 0.3) is 11.1 Å². The fraction of sp³-hybridized carbons (Fsp3) is 0.444. The lowest BCUT2D eigenvalue weighted by Gasteiger charge is -2.26. The van der Waals surface area contributed by atoms with Gasteiger partial charge in [-0.3, -0.25) is 9.59 Å². The molecule has 0 bridgehead atoms. The summed E-state index contributed by atoms with van der Waals surface area (Å²) in [5.41, 5.74) is 4.75. The number of nitrogens with zero attached hydrogens (tertiary/aromatic N) is 1. The molecular weight excluding hydrogens is 432 g/mol. The maximum Gasteiger partial charge on any atom is 0.407 e. The molecule has 7 heteroatoms. The zero-order chi connectivity index (χ0) is 23.7. The Labute approximate surface area is 199 Å². The van der Waals surface area contributed by atoms with Gasteiger partial charge in [0.2, 0.25) is 5.91 Å². The van der Waals surface area contributed by atoms with Gasteiger partial charge < -0.3 is 20.1 Å². The second-order valence-electron chi connectivity index (χ2n) is 9.53. The highest BCUT2D eigenvalue weighted by Gasteiger charge is 2.57. The minimum atomic E-state index is -0.733. The average Bonchev–Trinajstić information content (AvgIpc) is 3.50. The lowest BCUT2D eigenvalue weighted by molar-refractivity contribution is -0.139. The van der Waals surface area contributed by atoms with Crippen molar-refractivity contribution in [3.8, 4) is 11.1 Å². The Morgan fingerprint density at radius 1 is 0.971 bits per heavy atom. The van der Waals surface area contributed by atoms with Gasteiger partial charge >= 0.3 is 12.1 Å². The van der Waals surface area contributed by atoms with E-state index in [0.29, 0.717) is 38.9 Å². The molecule has 34 heavy (non-hydrogen) atoms. The number of unbranched alkanes of at least 4 members (excludes halogenated alkanes) is 1. The van der Waals surface area contributed by atoms with Crippen LogP contribution >= 0.6 is 0 Å². The summed E-state index contributed by atoms with van der Waals surface area (Å²) in [4.78, 5) is 37.7. The van der Waals surface area contributed by atoms with E-state index in [-0.39, 0.29) is 36.2 Å². The number of carboxylic acid groups (broad SMARTS) is 1. The number of carbonyl (C=O) groups is 3. The summed E-state index contributed by atoms with van der Waals surface area (Å²) < 4.78 is 5.54. The van der Waals surface area contributed by atoms with E-state index in [4.69, 9.17) is 4.74 Å². The normalized spacial score (nSPS) is 22.4. The van der Waals surface area contributed by atoms with Crippen molar-refractivity contribution in [3.05, 3.63) is 59.7 Å². The second-order valence-corrected chi connectivity index (χ2v) is 9.53. The lowest BCUT2D eigenvalue weighted by atomic mass is 9.98. The molecule has 3 unspecified atom stereocenters. The van der Waals surface area contributed by atoms with Gasteiger partial charge in [0, 0.05) is 32.0 Å². The van der Waals surface area contributed by atoms with Crippen molar-refractivity contribution < 1.29 is 24.2 Å². The fourth-order valence-corrected chi connectivity index (χ4v) is 5.73. The van der Waals surface area contributed by atoms with E-state index in [1.807, 2.05) is 29.2 Å². The first-order valence-corrected chi connectivity index (χ1v) is 12.1. The van der Waals surface area contributed by atoms with Gasteiger partial charge in [-0.1, -0.05) is 48.5 Å². The fourth-order valence-electron chi connectivity index (χ4n) is 5.73. The van der Waals surface area contributed by atoms with E-state index in [1.165, 1.54) is 22.3 Å². The second kappa shape index (κ2) is 9.49. The number of benzene rings is 2. The monoisotopic (exact) mass is 462 g/mol. The molecule has 3 atom stereocenters. The molecule has 178 valence electrons. The third-order valence-electron chi connectivity index (χ3n) is 7.56. The van der Waals surface area contributed by atoms with Crippen LogP contribution in [0.2, 0.25) is 0 Å². The van der Waals surface area contributed by atoms with Crippen LogP contribution < -0.4 is 5.32 Å².